The van der Waals surface area contributed by atoms with Crippen molar-refractivity contribution in [2.75, 3.05) is 0 Å². The largest absolute Gasteiger partial charge is 0.334 e. The molecule has 0 saturated heterocycles. The molecule has 0 radical (unpaired) electrons. The van der Waals surface area contributed by atoms with Crippen LogP contribution in [0, 0.1) is 13.8 Å². The number of pyridine rings is 1. The maximum atomic E-state index is 13.3. The number of aromatic nitrogens is 3. The van der Waals surface area contributed by atoms with Crippen LogP contribution in [0.25, 0.3) is 39.3 Å². The van der Waals surface area contributed by atoms with Crippen molar-refractivity contribution in [3.05, 3.63) is 98.9 Å². The summed E-state index contributed by atoms with van der Waals surface area (Å²) >= 11 is 3.47. The molecule has 2 heterocycles. The van der Waals surface area contributed by atoms with Gasteiger partial charge in [-0.1, -0.05) is 57.5 Å². The van der Waals surface area contributed by atoms with Gasteiger partial charge in [-0.3, -0.25) is 9.36 Å². The molecule has 0 bridgehead atoms. The lowest BCUT2D eigenvalue weighted by atomic mass is 10.1. The zero-order valence-corrected chi connectivity index (χ0v) is 18.6. The lowest BCUT2D eigenvalue weighted by Crippen LogP contribution is -2.18. The molecule has 0 aliphatic rings. The summed E-state index contributed by atoms with van der Waals surface area (Å²) in [6.07, 6.45) is 1.78. The Kier molecular flexibility index (Phi) is 4.79. The third-order valence-corrected chi connectivity index (χ3v) is 5.93. The third kappa shape index (κ3) is 3.49. The lowest BCUT2D eigenvalue weighted by molar-refractivity contribution is 0.432. The summed E-state index contributed by atoms with van der Waals surface area (Å²) < 4.78 is 8.22. The molecular weight excluding hydrogens is 454 g/mol. The molecule has 2 aromatic heterocycles. The van der Waals surface area contributed by atoms with Gasteiger partial charge >= 0.3 is 0 Å². The van der Waals surface area contributed by atoms with Gasteiger partial charge in [0.15, 0.2) is 0 Å². The van der Waals surface area contributed by atoms with Crippen LogP contribution in [0.3, 0.4) is 0 Å². The minimum absolute atomic E-state index is 0.0886. The number of aryl methyl sites for hydroxylation is 2. The molecule has 5 aromatic rings. The molecule has 31 heavy (non-hydrogen) atoms. The number of benzene rings is 3. The summed E-state index contributed by atoms with van der Waals surface area (Å²) in [5.41, 5.74) is 4.56. The summed E-state index contributed by atoms with van der Waals surface area (Å²) in [6.45, 7) is 4.09. The van der Waals surface area contributed by atoms with Gasteiger partial charge in [-0.05, 0) is 55.3 Å². The normalized spacial score (nSPS) is 11.2. The number of halogens is 1. The molecule has 0 unspecified atom stereocenters. The molecule has 0 spiro atoms. The fourth-order valence-electron chi connectivity index (χ4n) is 3.61. The van der Waals surface area contributed by atoms with E-state index in [9.17, 15) is 4.79 Å². The number of hydrogen-bond acceptors (Lipinski definition) is 4. The first-order chi connectivity index (χ1) is 15.0. The maximum absolute atomic E-state index is 13.3. The number of rotatable bonds is 3. The fourth-order valence-corrected chi connectivity index (χ4v) is 4.01. The highest BCUT2D eigenvalue weighted by Gasteiger charge is 2.17. The van der Waals surface area contributed by atoms with Gasteiger partial charge in [-0.15, -0.1) is 0 Å². The van der Waals surface area contributed by atoms with E-state index < -0.39 is 0 Å². The Balaban J connectivity index is 1.73. The Labute approximate surface area is 187 Å². The summed E-state index contributed by atoms with van der Waals surface area (Å²) in [4.78, 5) is 17.9. The molecule has 5 nitrogen and oxygen atoms in total. The maximum Gasteiger partial charge on any atom is 0.262 e. The predicted octanol–water partition coefficient (Wildman–Crippen LogP) is 6.09. The molecular formula is C25H18BrN3O2. The minimum Gasteiger partial charge on any atom is -0.334 e. The molecule has 6 heteroatoms. The Morgan fingerprint density at radius 1 is 0.903 bits per heavy atom. The Morgan fingerprint density at radius 2 is 1.71 bits per heavy atom. The van der Waals surface area contributed by atoms with Crippen LogP contribution in [-0.2, 0) is 0 Å². The average Bonchev–Trinajstić information content (AvgIpc) is 3.26. The Hall–Kier alpha value is -3.51. The molecule has 152 valence electrons. The highest BCUT2D eigenvalue weighted by Crippen LogP contribution is 2.29. The van der Waals surface area contributed by atoms with E-state index in [2.05, 4.69) is 33.0 Å². The van der Waals surface area contributed by atoms with Crippen molar-refractivity contribution in [3.8, 4) is 28.5 Å². The van der Waals surface area contributed by atoms with Gasteiger partial charge in [0.1, 0.15) is 0 Å². The van der Waals surface area contributed by atoms with Gasteiger partial charge in [0.2, 0.25) is 5.82 Å². The molecule has 3 aromatic carbocycles. The first-order valence-corrected chi connectivity index (χ1v) is 10.6. The summed E-state index contributed by atoms with van der Waals surface area (Å²) in [5.74, 6) is 0.855. The highest BCUT2D eigenvalue weighted by molar-refractivity contribution is 9.10. The summed E-state index contributed by atoms with van der Waals surface area (Å²) in [5, 5.41) is 5.54. The average molecular weight is 472 g/mol. The van der Waals surface area contributed by atoms with Crippen LogP contribution in [0.1, 0.15) is 11.1 Å². The van der Waals surface area contributed by atoms with Gasteiger partial charge in [-0.2, -0.15) is 4.98 Å². The Morgan fingerprint density at radius 3 is 2.48 bits per heavy atom. The van der Waals surface area contributed by atoms with E-state index in [0.29, 0.717) is 22.7 Å². The van der Waals surface area contributed by atoms with Gasteiger partial charge in [-0.25, -0.2) is 0 Å². The molecule has 0 amide bonds. The van der Waals surface area contributed by atoms with Crippen molar-refractivity contribution in [3.63, 3.8) is 0 Å². The second kappa shape index (κ2) is 7.63. The SMILES string of the molecule is Cc1ccc(-n2cc(-c3nc(-c4cccc(Br)c4)no3)c3ccccc3c2=O)cc1C. The van der Waals surface area contributed by atoms with Crippen molar-refractivity contribution in [1.82, 2.24) is 14.7 Å². The van der Waals surface area contributed by atoms with Crippen molar-refractivity contribution < 1.29 is 4.52 Å². The zero-order chi connectivity index (χ0) is 21.5. The third-order valence-electron chi connectivity index (χ3n) is 5.43. The first-order valence-electron chi connectivity index (χ1n) is 9.83. The van der Waals surface area contributed by atoms with Crippen molar-refractivity contribution >= 4 is 26.7 Å². The topological polar surface area (TPSA) is 60.9 Å². The van der Waals surface area contributed by atoms with Crippen LogP contribution >= 0.6 is 15.9 Å². The standard InChI is InChI=1S/C25H18BrN3O2/c1-15-10-11-19(12-16(15)2)29-14-22(20-8-3-4-9-21(20)25(29)30)24-27-23(28-31-24)17-6-5-7-18(26)13-17/h3-14H,1-2H3. The van der Waals surface area contributed by atoms with Gasteiger partial charge in [0.05, 0.1) is 5.56 Å². The summed E-state index contributed by atoms with van der Waals surface area (Å²) in [7, 11) is 0. The first kappa shape index (κ1) is 19.5. The number of nitrogens with zero attached hydrogens (tertiary/aromatic N) is 3. The predicted molar refractivity (Wildman–Crippen MR) is 125 cm³/mol. The van der Waals surface area contributed by atoms with Gasteiger partial charge in [0.25, 0.3) is 11.4 Å². The molecule has 0 fully saturated rings. The van der Waals surface area contributed by atoms with Crippen LogP contribution in [0.2, 0.25) is 0 Å². The van der Waals surface area contributed by atoms with Crippen LogP contribution in [0.5, 0.6) is 0 Å². The highest BCUT2D eigenvalue weighted by atomic mass is 79.9. The van der Waals surface area contributed by atoms with Crippen LogP contribution < -0.4 is 5.56 Å². The van der Waals surface area contributed by atoms with E-state index in [1.54, 1.807) is 10.8 Å². The van der Waals surface area contributed by atoms with E-state index in [1.165, 1.54) is 5.56 Å². The summed E-state index contributed by atoms with van der Waals surface area (Å²) in [6, 6.07) is 21.2. The minimum atomic E-state index is -0.0886. The molecule has 0 aliphatic heterocycles. The van der Waals surface area contributed by atoms with Crippen molar-refractivity contribution in [2.24, 2.45) is 0 Å². The smallest absolute Gasteiger partial charge is 0.262 e. The molecule has 0 atom stereocenters. The monoisotopic (exact) mass is 471 g/mol. The molecule has 0 aliphatic carbocycles. The zero-order valence-electron chi connectivity index (χ0n) is 17.0. The fraction of sp³-hybridized carbons (Fsp3) is 0.0800. The van der Waals surface area contributed by atoms with Crippen LogP contribution in [0.4, 0.5) is 0 Å². The van der Waals surface area contributed by atoms with Gasteiger partial charge < -0.3 is 4.52 Å². The van der Waals surface area contributed by atoms with E-state index >= 15 is 0 Å². The van der Waals surface area contributed by atoms with Crippen LogP contribution in [0.15, 0.2) is 86.7 Å². The molecule has 5 rings (SSSR count). The van der Waals surface area contributed by atoms with E-state index in [1.807, 2.05) is 73.7 Å². The van der Waals surface area contributed by atoms with Crippen molar-refractivity contribution in [1.29, 1.82) is 0 Å². The van der Waals surface area contributed by atoms with Crippen LogP contribution in [-0.4, -0.2) is 14.7 Å². The van der Waals surface area contributed by atoms with Gasteiger partial charge in [0, 0.05) is 32.7 Å². The van der Waals surface area contributed by atoms with Crippen molar-refractivity contribution in [2.45, 2.75) is 13.8 Å². The number of hydrogen-bond donors (Lipinski definition) is 0. The van der Waals surface area contributed by atoms with E-state index in [-0.39, 0.29) is 5.56 Å². The lowest BCUT2D eigenvalue weighted by Gasteiger charge is -2.12. The Bertz CT molecular complexity index is 1500. The van der Waals surface area contributed by atoms with E-state index in [0.717, 1.165) is 26.7 Å². The number of fused-ring (bicyclic) bond motifs is 1. The second-order valence-electron chi connectivity index (χ2n) is 7.47. The quantitative estimate of drug-likeness (QED) is 0.319. The second-order valence-corrected chi connectivity index (χ2v) is 8.38. The molecule has 0 N–H and O–H groups in total. The van der Waals surface area contributed by atoms with E-state index in [4.69, 9.17) is 4.52 Å². The molecule has 0 saturated carbocycles.